The smallest absolute Gasteiger partial charge is 0.114 e. The van der Waals surface area contributed by atoms with Gasteiger partial charge < -0.3 is 10.3 Å². The average Bonchev–Trinajstić information content (AvgIpc) is 2.74. The number of H-pyrrole nitrogens is 1. The largest absolute Gasteiger partial charge is 0.361 e. The fourth-order valence-corrected chi connectivity index (χ4v) is 2.63. The van der Waals surface area contributed by atoms with Crippen LogP contribution in [0.2, 0.25) is 0 Å². The summed E-state index contributed by atoms with van der Waals surface area (Å²) in [6.45, 7) is 1.28. The number of rotatable bonds is 1. The van der Waals surface area contributed by atoms with Gasteiger partial charge in [-0.1, -0.05) is 18.2 Å². The Bertz CT molecular complexity index is 452. The molecule has 1 aromatic heterocycles. The summed E-state index contributed by atoms with van der Waals surface area (Å²) in [7, 11) is 0. The first-order valence-electron chi connectivity index (χ1n) is 5.84. The molecular weight excluding hydrogens is 184 g/mol. The van der Waals surface area contributed by atoms with Crippen LogP contribution in [0.4, 0.5) is 0 Å². The van der Waals surface area contributed by atoms with E-state index in [0.29, 0.717) is 6.04 Å². The Hall–Kier alpha value is -1.28. The molecule has 0 amide bonds. The van der Waals surface area contributed by atoms with Crippen LogP contribution < -0.4 is 5.32 Å². The van der Waals surface area contributed by atoms with Crippen molar-refractivity contribution in [1.29, 1.82) is 0 Å². The highest BCUT2D eigenvalue weighted by Gasteiger charge is 2.20. The molecule has 1 aliphatic rings. The standard InChI is InChI=1S/C13H16N2/c1-2-6-12-10(5-1)11(9-15-12)13-7-3-4-8-14-13/h1-2,5-6,9,13-15H,3-4,7-8H2/p+1/t13-/m0/s1. The molecule has 0 saturated carbocycles. The van der Waals surface area contributed by atoms with E-state index in [4.69, 9.17) is 0 Å². The topological polar surface area (TPSA) is 32.4 Å². The van der Waals surface area contributed by atoms with Gasteiger partial charge >= 0.3 is 0 Å². The van der Waals surface area contributed by atoms with Gasteiger partial charge in [0.2, 0.25) is 0 Å². The van der Waals surface area contributed by atoms with Crippen LogP contribution in [0.5, 0.6) is 0 Å². The van der Waals surface area contributed by atoms with Crippen LogP contribution in [0.15, 0.2) is 30.5 Å². The maximum absolute atomic E-state index is 3.37. The van der Waals surface area contributed by atoms with E-state index in [1.165, 1.54) is 42.3 Å². The summed E-state index contributed by atoms with van der Waals surface area (Å²) in [6.07, 6.45) is 6.26. The molecule has 3 rings (SSSR count). The Labute approximate surface area is 89.7 Å². The number of hydrogen-bond acceptors (Lipinski definition) is 0. The molecule has 1 aliphatic heterocycles. The summed E-state index contributed by atoms with van der Waals surface area (Å²) in [4.78, 5) is 3.37. The minimum Gasteiger partial charge on any atom is -0.361 e. The van der Waals surface area contributed by atoms with E-state index in [1.807, 2.05) is 0 Å². The van der Waals surface area contributed by atoms with Crippen LogP contribution in [-0.2, 0) is 0 Å². The Morgan fingerprint density at radius 1 is 1.20 bits per heavy atom. The van der Waals surface area contributed by atoms with E-state index in [-0.39, 0.29) is 0 Å². The molecule has 0 radical (unpaired) electrons. The maximum Gasteiger partial charge on any atom is 0.114 e. The minimum absolute atomic E-state index is 0.676. The van der Waals surface area contributed by atoms with Gasteiger partial charge in [-0.15, -0.1) is 0 Å². The number of fused-ring (bicyclic) bond motifs is 1. The first kappa shape index (κ1) is 8.98. The first-order chi connectivity index (χ1) is 7.45. The zero-order chi connectivity index (χ0) is 10.1. The zero-order valence-corrected chi connectivity index (χ0v) is 8.87. The predicted octanol–water partition coefficient (Wildman–Crippen LogP) is 1.96. The normalized spacial score (nSPS) is 22.0. The highest BCUT2D eigenvalue weighted by Crippen LogP contribution is 2.25. The van der Waals surface area contributed by atoms with Crippen LogP contribution in [0.3, 0.4) is 0 Å². The van der Waals surface area contributed by atoms with Gasteiger partial charge in [-0.2, -0.15) is 0 Å². The summed E-state index contributed by atoms with van der Waals surface area (Å²) in [5.74, 6) is 0. The molecule has 0 unspecified atom stereocenters. The zero-order valence-electron chi connectivity index (χ0n) is 8.87. The van der Waals surface area contributed by atoms with Gasteiger partial charge in [0.1, 0.15) is 6.04 Å². The van der Waals surface area contributed by atoms with Gasteiger partial charge in [-0.25, -0.2) is 0 Å². The lowest BCUT2D eigenvalue weighted by atomic mass is 9.97. The maximum atomic E-state index is 3.37. The van der Waals surface area contributed by atoms with Crippen LogP contribution >= 0.6 is 0 Å². The van der Waals surface area contributed by atoms with Crippen molar-refractivity contribution < 1.29 is 5.32 Å². The number of aromatic amines is 1. The van der Waals surface area contributed by atoms with E-state index in [2.05, 4.69) is 40.8 Å². The molecule has 0 aliphatic carbocycles. The van der Waals surface area contributed by atoms with Crippen LogP contribution in [0, 0.1) is 0 Å². The number of piperidine rings is 1. The molecule has 1 atom stereocenters. The summed E-state index contributed by atoms with van der Waals surface area (Å²) in [5.41, 5.74) is 2.76. The molecule has 0 spiro atoms. The van der Waals surface area contributed by atoms with Gasteiger partial charge in [0.15, 0.2) is 0 Å². The third kappa shape index (κ3) is 1.55. The second-order valence-corrected chi connectivity index (χ2v) is 4.42. The van der Waals surface area contributed by atoms with Crippen molar-refractivity contribution in [1.82, 2.24) is 4.98 Å². The monoisotopic (exact) mass is 201 g/mol. The lowest BCUT2D eigenvalue weighted by molar-refractivity contribution is -0.703. The van der Waals surface area contributed by atoms with Crippen molar-refractivity contribution in [3.05, 3.63) is 36.0 Å². The molecule has 2 aromatic rings. The Balaban J connectivity index is 2.02. The predicted molar refractivity (Wildman–Crippen MR) is 61.7 cm³/mol. The molecule has 1 fully saturated rings. The van der Waals surface area contributed by atoms with E-state index in [0.717, 1.165) is 0 Å². The third-order valence-corrected chi connectivity index (χ3v) is 3.44. The summed E-state index contributed by atoms with van der Waals surface area (Å²) < 4.78 is 0. The Morgan fingerprint density at radius 2 is 2.13 bits per heavy atom. The van der Waals surface area contributed by atoms with Crippen molar-refractivity contribution in [2.75, 3.05) is 6.54 Å². The molecule has 78 valence electrons. The molecule has 3 N–H and O–H groups in total. The molecular formula is C13H17N2+. The van der Waals surface area contributed by atoms with Crippen LogP contribution in [0.1, 0.15) is 30.9 Å². The molecule has 15 heavy (non-hydrogen) atoms. The number of quaternary nitrogens is 1. The SMILES string of the molecule is c1ccc2c([C@@H]3CCCC[NH2+]3)c[nH]c2c1. The third-order valence-electron chi connectivity index (χ3n) is 3.44. The number of para-hydroxylation sites is 1. The lowest BCUT2D eigenvalue weighted by Gasteiger charge is -2.19. The Morgan fingerprint density at radius 3 is 3.00 bits per heavy atom. The van der Waals surface area contributed by atoms with Crippen molar-refractivity contribution in [3.63, 3.8) is 0 Å². The van der Waals surface area contributed by atoms with E-state index in [9.17, 15) is 0 Å². The number of hydrogen-bond donors (Lipinski definition) is 2. The van der Waals surface area contributed by atoms with Crippen molar-refractivity contribution in [3.8, 4) is 0 Å². The second-order valence-electron chi connectivity index (χ2n) is 4.42. The van der Waals surface area contributed by atoms with E-state index >= 15 is 0 Å². The number of aromatic nitrogens is 1. The van der Waals surface area contributed by atoms with E-state index < -0.39 is 0 Å². The number of nitrogens with two attached hydrogens (primary N) is 1. The highest BCUT2D eigenvalue weighted by molar-refractivity contribution is 5.83. The molecule has 1 saturated heterocycles. The number of nitrogens with one attached hydrogen (secondary N) is 1. The second kappa shape index (κ2) is 3.70. The van der Waals surface area contributed by atoms with Gasteiger partial charge in [0.05, 0.1) is 6.54 Å². The number of benzene rings is 1. The summed E-state index contributed by atoms with van der Waals surface area (Å²) in [5, 5.41) is 3.89. The van der Waals surface area contributed by atoms with Crippen LogP contribution in [0.25, 0.3) is 10.9 Å². The molecule has 0 bridgehead atoms. The summed E-state index contributed by atoms with van der Waals surface area (Å²) >= 11 is 0. The van der Waals surface area contributed by atoms with E-state index in [1.54, 1.807) is 0 Å². The molecule has 2 nitrogen and oxygen atoms in total. The van der Waals surface area contributed by atoms with Gasteiger partial charge in [-0.3, -0.25) is 0 Å². The first-order valence-corrected chi connectivity index (χ1v) is 5.84. The van der Waals surface area contributed by atoms with Gasteiger partial charge in [0.25, 0.3) is 0 Å². The molecule has 1 aromatic carbocycles. The fraction of sp³-hybridized carbons (Fsp3) is 0.385. The van der Waals surface area contributed by atoms with Crippen LogP contribution in [-0.4, -0.2) is 11.5 Å². The minimum atomic E-state index is 0.676. The highest BCUT2D eigenvalue weighted by atomic mass is 14.9. The van der Waals surface area contributed by atoms with Crippen molar-refractivity contribution in [2.45, 2.75) is 25.3 Å². The van der Waals surface area contributed by atoms with Crippen molar-refractivity contribution >= 4 is 10.9 Å². The van der Waals surface area contributed by atoms with Gasteiger partial charge in [0, 0.05) is 29.1 Å². The fourth-order valence-electron chi connectivity index (χ4n) is 2.63. The van der Waals surface area contributed by atoms with Crippen molar-refractivity contribution in [2.24, 2.45) is 0 Å². The molecule has 2 heteroatoms. The lowest BCUT2D eigenvalue weighted by Crippen LogP contribution is -2.86. The Kier molecular flexibility index (Phi) is 2.22. The van der Waals surface area contributed by atoms with Gasteiger partial charge in [-0.05, 0) is 18.9 Å². The molecule has 2 heterocycles. The quantitative estimate of drug-likeness (QED) is 0.707. The summed E-state index contributed by atoms with van der Waals surface area (Å²) in [6, 6.07) is 9.27. The average molecular weight is 201 g/mol.